The van der Waals surface area contributed by atoms with Gasteiger partial charge in [-0.15, -0.1) is 0 Å². The van der Waals surface area contributed by atoms with Crippen LogP contribution in [0.15, 0.2) is 37.2 Å². The Hall–Kier alpha value is -3.30. The number of carbonyl (C=O) groups excluding carboxylic acids is 2. The minimum absolute atomic E-state index is 0.288. The van der Waals surface area contributed by atoms with Crippen LogP contribution in [0.25, 0.3) is 0 Å². The molecule has 0 spiro atoms. The molecule has 28 heavy (non-hydrogen) atoms. The molecule has 4 amide bonds. The highest BCUT2D eigenvalue weighted by atomic mass is 16.2. The molecule has 1 saturated carbocycles. The molecule has 0 saturated heterocycles. The molecule has 3 rings (SSSR count). The summed E-state index contributed by atoms with van der Waals surface area (Å²) in [6.07, 6.45) is 13.3. The molecular weight excluding hydrogens is 360 g/mol. The standard InChI is InChI=1S/C18H24N8O2/c27-17(25-15-11-19-4-6-21-15)23-9-13-2-1-3-14(8-13)10-24-18(28)26-16-12-20-5-7-22-16/h4-7,11-14H,1-3,8-10H2,(H2,21,23,25,27)(H2,22,24,26,28)/t13-,14+. The highest BCUT2D eigenvalue weighted by Crippen LogP contribution is 2.28. The second-order valence-corrected chi connectivity index (χ2v) is 6.75. The van der Waals surface area contributed by atoms with Crippen LogP contribution in [0.5, 0.6) is 0 Å². The molecule has 2 atom stereocenters. The quantitative estimate of drug-likeness (QED) is 0.602. The van der Waals surface area contributed by atoms with Gasteiger partial charge in [0.25, 0.3) is 0 Å². The maximum Gasteiger partial charge on any atom is 0.320 e. The first-order valence-electron chi connectivity index (χ1n) is 9.31. The predicted molar refractivity (Wildman–Crippen MR) is 104 cm³/mol. The molecule has 2 heterocycles. The lowest BCUT2D eigenvalue weighted by Crippen LogP contribution is -2.38. The van der Waals surface area contributed by atoms with E-state index >= 15 is 0 Å². The third-order valence-corrected chi connectivity index (χ3v) is 4.60. The van der Waals surface area contributed by atoms with Crippen LogP contribution in [0.4, 0.5) is 21.2 Å². The van der Waals surface area contributed by atoms with Gasteiger partial charge in [0.1, 0.15) is 0 Å². The van der Waals surface area contributed by atoms with Crippen molar-refractivity contribution >= 4 is 23.7 Å². The SMILES string of the molecule is O=C(NC[C@H]1CCC[C@@H](CNC(=O)Nc2cnccn2)C1)Nc1cnccn1. The summed E-state index contributed by atoms with van der Waals surface area (Å²) in [4.78, 5) is 39.7. The van der Waals surface area contributed by atoms with Gasteiger partial charge in [-0.3, -0.25) is 20.6 Å². The van der Waals surface area contributed by atoms with Gasteiger partial charge in [0.2, 0.25) is 0 Å². The molecule has 10 nitrogen and oxygen atoms in total. The Morgan fingerprint density at radius 1 is 0.821 bits per heavy atom. The Morgan fingerprint density at radius 2 is 1.32 bits per heavy atom. The van der Waals surface area contributed by atoms with Gasteiger partial charge < -0.3 is 10.6 Å². The normalized spacial score (nSPS) is 18.7. The molecule has 2 aromatic heterocycles. The lowest BCUT2D eigenvalue weighted by atomic mass is 9.81. The third kappa shape index (κ3) is 6.45. The van der Waals surface area contributed by atoms with Crippen LogP contribution in [0, 0.1) is 11.8 Å². The minimum atomic E-state index is -0.288. The molecule has 148 valence electrons. The Labute approximate surface area is 163 Å². The van der Waals surface area contributed by atoms with Crippen molar-refractivity contribution in [2.45, 2.75) is 25.7 Å². The van der Waals surface area contributed by atoms with Gasteiger partial charge >= 0.3 is 12.1 Å². The van der Waals surface area contributed by atoms with Crippen LogP contribution in [0.1, 0.15) is 25.7 Å². The maximum absolute atomic E-state index is 12.0. The van der Waals surface area contributed by atoms with Gasteiger partial charge in [-0.1, -0.05) is 6.42 Å². The number of urea groups is 2. The summed E-state index contributed by atoms with van der Waals surface area (Å²) < 4.78 is 0. The fourth-order valence-corrected chi connectivity index (χ4v) is 3.30. The highest BCUT2D eigenvalue weighted by molar-refractivity contribution is 5.88. The van der Waals surface area contributed by atoms with E-state index in [0.29, 0.717) is 36.6 Å². The lowest BCUT2D eigenvalue weighted by Gasteiger charge is -2.29. The zero-order valence-corrected chi connectivity index (χ0v) is 15.5. The van der Waals surface area contributed by atoms with Gasteiger partial charge in [0.05, 0.1) is 12.4 Å². The largest absolute Gasteiger partial charge is 0.338 e. The van der Waals surface area contributed by atoms with E-state index in [4.69, 9.17) is 0 Å². The fourth-order valence-electron chi connectivity index (χ4n) is 3.30. The second kappa shape index (κ2) is 10.1. The molecule has 1 aliphatic rings. The number of nitrogens with zero attached hydrogens (tertiary/aromatic N) is 4. The highest BCUT2D eigenvalue weighted by Gasteiger charge is 2.23. The molecule has 0 unspecified atom stereocenters. The summed E-state index contributed by atoms with van der Waals surface area (Å²) in [5.41, 5.74) is 0. The molecule has 0 bridgehead atoms. The van der Waals surface area contributed by atoms with E-state index < -0.39 is 0 Å². The Kier molecular flexibility index (Phi) is 7.05. The first-order chi connectivity index (χ1) is 13.7. The van der Waals surface area contributed by atoms with Gasteiger partial charge in [-0.05, 0) is 31.1 Å². The van der Waals surface area contributed by atoms with E-state index in [1.165, 1.54) is 24.8 Å². The topological polar surface area (TPSA) is 134 Å². The van der Waals surface area contributed by atoms with Crippen molar-refractivity contribution in [3.8, 4) is 0 Å². The number of rotatable bonds is 6. The van der Waals surface area contributed by atoms with Crippen LogP contribution >= 0.6 is 0 Å². The van der Waals surface area contributed by atoms with E-state index in [1.807, 2.05) is 0 Å². The Morgan fingerprint density at radius 3 is 1.75 bits per heavy atom. The molecule has 0 aromatic carbocycles. The summed E-state index contributed by atoms with van der Waals surface area (Å²) in [5, 5.41) is 11.1. The first kappa shape index (κ1) is 19.5. The number of aromatic nitrogens is 4. The minimum Gasteiger partial charge on any atom is -0.338 e. The second-order valence-electron chi connectivity index (χ2n) is 6.75. The summed E-state index contributed by atoms with van der Waals surface area (Å²) in [6.45, 7) is 1.18. The van der Waals surface area contributed by atoms with Crippen LogP contribution in [-0.2, 0) is 0 Å². The zero-order chi connectivity index (χ0) is 19.6. The van der Waals surface area contributed by atoms with E-state index in [2.05, 4.69) is 41.2 Å². The predicted octanol–water partition coefficient (Wildman–Crippen LogP) is 2.02. The van der Waals surface area contributed by atoms with Gasteiger partial charge in [-0.25, -0.2) is 19.6 Å². The molecular formula is C18H24N8O2. The van der Waals surface area contributed by atoms with Crippen LogP contribution in [-0.4, -0.2) is 45.1 Å². The summed E-state index contributed by atoms with van der Waals surface area (Å²) in [5.74, 6) is 1.60. The lowest BCUT2D eigenvalue weighted by molar-refractivity contribution is 0.230. The van der Waals surface area contributed by atoms with Crippen molar-refractivity contribution in [1.82, 2.24) is 30.6 Å². The van der Waals surface area contributed by atoms with E-state index in [0.717, 1.165) is 25.7 Å². The smallest absolute Gasteiger partial charge is 0.320 e. The Balaban J connectivity index is 1.35. The average molecular weight is 384 g/mol. The van der Waals surface area contributed by atoms with E-state index in [9.17, 15) is 9.59 Å². The van der Waals surface area contributed by atoms with Crippen molar-refractivity contribution in [1.29, 1.82) is 0 Å². The van der Waals surface area contributed by atoms with Gasteiger partial charge in [0.15, 0.2) is 11.6 Å². The van der Waals surface area contributed by atoms with Gasteiger partial charge in [-0.2, -0.15) is 0 Å². The molecule has 0 radical (unpaired) electrons. The van der Waals surface area contributed by atoms with Crippen molar-refractivity contribution in [2.75, 3.05) is 23.7 Å². The zero-order valence-electron chi connectivity index (χ0n) is 15.5. The number of carbonyl (C=O) groups is 2. The van der Waals surface area contributed by atoms with Crippen LogP contribution in [0.3, 0.4) is 0 Å². The van der Waals surface area contributed by atoms with Crippen LogP contribution in [0.2, 0.25) is 0 Å². The molecule has 2 aromatic rings. The summed E-state index contributed by atoms with van der Waals surface area (Å²) in [6, 6.07) is -0.576. The molecule has 0 aliphatic heterocycles. The van der Waals surface area contributed by atoms with Crippen molar-refractivity contribution < 1.29 is 9.59 Å². The number of hydrogen-bond donors (Lipinski definition) is 4. The fraction of sp³-hybridized carbons (Fsp3) is 0.444. The summed E-state index contributed by atoms with van der Waals surface area (Å²) in [7, 11) is 0. The monoisotopic (exact) mass is 384 g/mol. The average Bonchev–Trinajstić information content (AvgIpc) is 2.73. The van der Waals surface area contributed by atoms with Crippen molar-refractivity contribution in [3.63, 3.8) is 0 Å². The molecule has 1 aliphatic carbocycles. The number of amides is 4. The van der Waals surface area contributed by atoms with Crippen LogP contribution < -0.4 is 21.3 Å². The number of nitrogens with one attached hydrogen (secondary N) is 4. The Bertz CT molecular complexity index is 695. The maximum atomic E-state index is 12.0. The molecule has 10 heteroatoms. The molecule has 1 fully saturated rings. The van der Waals surface area contributed by atoms with E-state index in [-0.39, 0.29) is 12.1 Å². The third-order valence-electron chi connectivity index (χ3n) is 4.60. The van der Waals surface area contributed by atoms with E-state index in [1.54, 1.807) is 12.4 Å². The summed E-state index contributed by atoms with van der Waals surface area (Å²) >= 11 is 0. The molecule has 4 N–H and O–H groups in total. The van der Waals surface area contributed by atoms with Crippen molar-refractivity contribution in [2.24, 2.45) is 11.8 Å². The number of anilines is 2. The van der Waals surface area contributed by atoms with Gasteiger partial charge in [0, 0.05) is 37.9 Å². The first-order valence-corrected chi connectivity index (χ1v) is 9.31. The number of hydrogen-bond acceptors (Lipinski definition) is 6. The van der Waals surface area contributed by atoms with Crippen molar-refractivity contribution in [3.05, 3.63) is 37.2 Å².